The van der Waals surface area contributed by atoms with E-state index >= 15 is 0 Å². The second kappa shape index (κ2) is 16.2. The first-order valence-corrected chi connectivity index (χ1v) is 22.8. The second-order valence-corrected chi connectivity index (χ2v) is 23.9. The van der Waals surface area contributed by atoms with E-state index in [4.69, 9.17) is 27.7 Å². The Balaban J connectivity index is 1.22. The average Bonchev–Trinajstić information content (AvgIpc) is 3.50. The zero-order chi connectivity index (χ0) is 43.5. The number of piperazine rings is 1. The van der Waals surface area contributed by atoms with E-state index < -0.39 is 54.4 Å². The summed E-state index contributed by atoms with van der Waals surface area (Å²) < 4.78 is 42.1. The highest BCUT2D eigenvalue weighted by molar-refractivity contribution is 7.48. The van der Waals surface area contributed by atoms with Crippen LogP contribution in [0.1, 0.15) is 184 Å². The lowest BCUT2D eigenvalue weighted by molar-refractivity contribution is -0.170. The third-order valence-corrected chi connectivity index (χ3v) is 14.5. The molecule has 1 atom stereocenters. The summed E-state index contributed by atoms with van der Waals surface area (Å²) in [5.41, 5.74) is 0.207. The number of rotatable bonds is 10. The van der Waals surface area contributed by atoms with Crippen LogP contribution >= 0.6 is 7.82 Å². The summed E-state index contributed by atoms with van der Waals surface area (Å²) >= 11 is 0. The Morgan fingerprint density at radius 1 is 0.862 bits per heavy atom. The van der Waals surface area contributed by atoms with Crippen molar-refractivity contribution in [1.82, 2.24) is 14.8 Å². The molecule has 58 heavy (non-hydrogen) atoms. The van der Waals surface area contributed by atoms with E-state index in [1.807, 2.05) is 29.7 Å². The number of aromatic nitrogens is 1. The van der Waals surface area contributed by atoms with Crippen molar-refractivity contribution in [3.8, 4) is 0 Å². The Morgan fingerprint density at radius 2 is 1.41 bits per heavy atom. The van der Waals surface area contributed by atoms with Crippen molar-refractivity contribution in [2.75, 3.05) is 26.4 Å². The van der Waals surface area contributed by atoms with Crippen molar-refractivity contribution >= 4 is 30.8 Å². The van der Waals surface area contributed by atoms with Crippen LogP contribution in [-0.2, 0) is 37.9 Å². The van der Waals surface area contributed by atoms with E-state index in [0.717, 1.165) is 35.2 Å². The molecule has 13 heteroatoms. The fraction of sp³-hybridized carbons (Fsp3) is 0.800. The smallest absolute Gasteiger partial charge is 0.455 e. The number of phosphoric ester groups is 1. The Kier molecular flexibility index (Phi) is 13.0. The van der Waals surface area contributed by atoms with E-state index in [2.05, 4.69) is 54.5 Å². The topological polar surface area (TPSA) is 141 Å². The van der Waals surface area contributed by atoms with Crippen molar-refractivity contribution < 1.29 is 42.0 Å². The zero-order valence-corrected chi connectivity index (χ0v) is 39.2. The summed E-state index contributed by atoms with van der Waals surface area (Å²) in [6, 6.07) is 4.15. The fourth-order valence-electron chi connectivity index (χ4n) is 8.81. The molecule has 3 aliphatic rings. The first-order chi connectivity index (χ1) is 26.3. The monoisotopic (exact) mass is 832 g/mol. The van der Waals surface area contributed by atoms with Gasteiger partial charge in [-0.25, -0.2) is 14.1 Å². The molecule has 1 saturated heterocycles. The highest BCUT2D eigenvalue weighted by Crippen LogP contribution is 2.56. The molecule has 2 aromatic heterocycles. The predicted octanol–water partition coefficient (Wildman–Crippen LogP) is 10.6. The third-order valence-electron chi connectivity index (χ3n) is 12.5. The highest BCUT2D eigenvalue weighted by atomic mass is 31.2. The van der Waals surface area contributed by atoms with Crippen LogP contribution in [0.3, 0.4) is 0 Å². The van der Waals surface area contributed by atoms with Gasteiger partial charge in [0.15, 0.2) is 17.6 Å². The Hall–Kier alpha value is -2.34. The number of ether oxygens (including phenoxy) is 1. The van der Waals surface area contributed by atoms with Gasteiger partial charge in [0.05, 0.1) is 16.6 Å². The number of carbonyl (C=O) groups excluding carboxylic acids is 2. The number of hydrogen-bond acceptors (Lipinski definition) is 11. The minimum absolute atomic E-state index is 0.0504. The van der Waals surface area contributed by atoms with Gasteiger partial charge in [0, 0.05) is 53.8 Å². The van der Waals surface area contributed by atoms with Gasteiger partial charge in [-0.15, -0.1) is 0 Å². The molecule has 12 nitrogen and oxygen atoms in total. The molecule has 0 bridgehead atoms. The number of aliphatic hydroxyl groups is 1. The zero-order valence-electron chi connectivity index (χ0n) is 38.3. The number of nitrogens with zero attached hydrogens (tertiary/aromatic N) is 3. The standard InChI is InChI=1S/C45H74N3O9P/c1-39(2,3)31-26-32(30-16-18-42(10,11)19-17-30)46-33-27-34(55-35(31)33)36(49)48-25-24-47(28-43(48,12)13)37(50)44(14)20-22-45(15,23-21-44)38(51)53-29-54-58(52,56-40(4,5)6)57-41(7,8)9/h26-27,30,36,49H,16-25,28-29H2,1-15H3/t36?,44-,45+. The third kappa shape index (κ3) is 10.9. The first kappa shape index (κ1) is 46.7. The van der Waals surface area contributed by atoms with Crippen molar-refractivity contribution in [3.63, 3.8) is 0 Å². The number of amides is 1. The van der Waals surface area contributed by atoms with Gasteiger partial charge >= 0.3 is 13.8 Å². The summed E-state index contributed by atoms with van der Waals surface area (Å²) in [6.45, 7) is 30.4. The highest BCUT2D eigenvalue weighted by Gasteiger charge is 2.50. The lowest BCUT2D eigenvalue weighted by Crippen LogP contribution is -2.63. The lowest BCUT2D eigenvalue weighted by atomic mass is 9.64. The van der Waals surface area contributed by atoms with Crippen LogP contribution in [0.4, 0.5) is 0 Å². The molecule has 1 amide bonds. The van der Waals surface area contributed by atoms with Crippen LogP contribution < -0.4 is 0 Å². The van der Waals surface area contributed by atoms with E-state index in [1.54, 1.807) is 41.5 Å². The second-order valence-electron chi connectivity index (χ2n) is 22.4. The van der Waals surface area contributed by atoms with Crippen LogP contribution in [0.2, 0.25) is 0 Å². The number of hydrogen-bond donors (Lipinski definition) is 1. The molecule has 3 fully saturated rings. The number of phosphoric acid groups is 1. The molecule has 5 rings (SSSR count). The Morgan fingerprint density at radius 3 is 1.93 bits per heavy atom. The van der Waals surface area contributed by atoms with Crippen molar-refractivity contribution in [2.45, 2.75) is 190 Å². The lowest BCUT2D eigenvalue weighted by Gasteiger charge is -2.51. The van der Waals surface area contributed by atoms with Gasteiger partial charge in [-0.3, -0.25) is 23.5 Å². The SMILES string of the molecule is CC1(C)CCC(c2cc(C(C)(C)C)c3oc(C(O)N4CCN(C(=O)[C@]5(C)CC[C@](C)(C(=O)OCOP(=O)(OC(C)(C)C)OC(C)(C)C)CC5)CC4(C)C)cc3n2)CC1. The van der Waals surface area contributed by atoms with Gasteiger partial charge in [-0.2, -0.15) is 0 Å². The molecule has 0 radical (unpaired) electrons. The van der Waals surface area contributed by atoms with Gasteiger partial charge in [-0.1, -0.05) is 41.5 Å². The molecule has 1 aliphatic heterocycles. The Bertz CT molecular complexity index is 1830. The molecular formula is C45H74N3O9P. The molecule has 3 heterocycles. The van der Waals surface area contributed by atoms with Gasteiger partial charge in [0.1, 0.15) is 5.52 Å². The van der Waals surface area contributed by atoms with Crippen LogP contribution in [0.15, 0.2) is 16.5 Å². The van der Waals surface area contributed by atoms with Gasteiger partial charge in [0.25, 0.3) is 0 Å². The number of esters is 1. The van der Waals surface area contributed by atoms with Gasteiger partial charge in [-0.05, 0) is 131 Å². The van der Waals surface area contributed by atoms with Crippen LogP contribution in [-0.4, -0.2) is 74.9 Å². The van der Waals surface area contributed by atoms with Crippen LogP contribution in [0.5, 0.6) is 0 Å². The summed E-state index contributed by atoms with van der Waals surface area (Å²) in [7, 11) is -4.05. The largest absolute Gasteiger partial charge is 0.478 e. The normalized spacial score (nSPS) is 25.8. The molecule has 0 aromatic carbocycles. The fourth-order valence-corrected chi connectivity index (χ4v) is 10.5. The van der Waals surface area contributed by atoms with Gasteiger partial charge < -0.3 is 19.2 Å². The first-order valence-electron chi connectivity index (χ1n) is 21.4. The Labute approximate surface area is 348 Å². The van der Waals surface area contributed by atoms with E-state index in [9.17, 15) is 19.3 Å². The maximum atomic E-state index is 14.3. The summed E-state index contributed by atoms with van der Waals surface area (Å²) in [5, 5.41) is 11.9. The number of fused-ring (bicyclic) bond motifs is 1. The summed E-state index contributed by atoms with van der Waals surface area (Å²) in [5.74, 6) is 0.446. The average molecular weight is 832 g/mol. The maximum absolute atomic E-state index is 14.3. The van der Waals surface area contributed by atoms with E-state index in [-0.39, 0.29) is 11.3 Å². The van der Waals surface area contributed by atoms with E-state index in [0.29, 0.717) is 62.4 Å². The van der Waals surface area contributed by atoms with E-state index in [1.165, 1.54) is 12.8 Å². The number of pyridine rings is 1. The van der Waals surface area contributed by atoms with Crippen molar-refractivity contribution in [3.05, 3.63) is 29.2 Å². The molecule has 2 saturated carbocycles. The molecule has 2 aromatic rings. The minimum atomic E-state index is -4.05. The quantitative estimate of drug-likeness (QED) is 0.139. The number of aliphatic hydroxyl groups excluding tert-OH is 1. The summed E-state index contributed by atoms with van der Waals surface area (Å²) in [4.78, 5) is 36.7. The van der Waals surface area contributed by atoms with Gasteiger partial charge in [0.2, 0.25) is 12.7 Å². The molecule has 1 unspecified atom stereocenters. The molecule has 328 valence electrons. The predicted molar refractivity (Wildman–Crippen MR) is 226 cm³/mol. The van der Waals surface area contributed by atoms with Crippen molar-refractivity contribution in [1.29, 1.82) is 0 Å². The molecule has 1 N–H and O–H groups in total. The minimum Gasteiger partial charge on any atom is -0.455 e. The van der Waals surface area contributed by atoms with Crippen LogP contribution in [0.25, 0.3) is 11.1 Å². The molecular weight excluding hydrogens is 757 g/mol. The number of furan rings is 1. The number of carbonyl (C=O) groups is 2. The van der Waals surface area contributed by atoms with Crippen LogP contribution in [0, 0.1) is 16.2 Å². The van der Waals surface area contributed by atoms with Crippen molar-refractivity contribution in [2.24, 2.45) is 16.2 Å². The maximum Gasteiger partial charge on any atom is 0.478 e. The molecule has 2 aliphatic carbocycles. The summed E-state index contributed by atoms with van der Waals surface area (Å²) in [6.07, 6.45) is 5.48. The molecule has 0 spiro atoms.